The second-order valence-electron chi connectivity index (χ2n) is 11.6. The lowest BCUT2D eigenvalue weighted by atomic mass is 9.68. The summed E-state index contributed by atoms with van der Waals surface area (Å²) in [5, 5.41) is 23.0. The number of hydrogen-bond donors (Lipinski definition) is 1. The van der Waals surface area contributed by atoms with Gasteiger partial charge in [-0.15, -0.1) is 0 Å². The van der Waals surface area contributed by atoms with Crippen molar-refractivity contribution in [3.05, 3.63) is 121 Å². The number of nitro groups is 1. The topological polar surface area (TPSA) is 122 Å². The highest BCUT2D eigenvalue weighted by atomic mass is 35.5. The summed E-state index contributed by atoms with van der Waals surface area (Å²) in [6.45, 7) is 8.13. The number of nitriles is 1. The van der Waals surface area contributed by atoms with Crippen molar-refractivity contribution in [2.24, 2.45) is 11.1 Å². The van der Waals surface area contributed by atoms with Gasteiger partial charge in [0.25, 0.3) is 5.69 Å². The van der Waals surface area contributed by atoms with E-state index in [0.29, 0.717) is 28.5 Å². The van der Waals surface area contributed by atoms with Crippen LogP contribution in [0.4, 0.5) is 11.4 Å². The maximum Gasteiger partial charge on any atom is 0.293 e. The Kier molecular flexibility index (Phi) is 7.56. The molecule has 1 aliphatic heterocycles. The molecule has 0 aromatic heterocycles. The van der Waals surface area contributed by atoms with Crippen molar-refractivity contribution >= 4 is 28.8 Å². The van der Waals surface area contributed by atoms with Crippen LogP contribution in [0.25, 0.3) is 0 Å². The van der Waals surface area contributed by atoms with Crippen molar-refractivity contribution in [1.29, 1.82) is 5.26 Å². The minimum atomic E-state index is -0.729. The van der Waals surface area contributed by atoms with Crippen LogP contribution >= 0.6 is 11.6 Å². The zero-order valence-electron chi connectivity index (χ0n) is 23.9. The molecule has 3 aromatic carbocycles. The van der Waals surface area contributed by atoms with Gasteiger partial charge in [-0.25, -0.2) is 0 Å². The van der Waals surface area contributed by atoms with Crippen LogP contribution in [0, 0.1) is 40.7 Å². The number of nitrogens with zero attached hydrogens (tertiary/aromatic N) is 3. The van der Waals surface area contributed by atoms with E-state index in [-0.39, 0.29) is 41.6 Å². The van der Waals surface area contributed by atoms with Crippen molar-refractivity contribution in [3.63, 3.8) is 0 Å². The van der Waals surface area contributed by atoms with Crippen LogP contribution in [-0.4, -0.2) is 10.7 Å². The largest absolute Gasteiger partial charge is 0.487 e. The van der Waals surface area contributed by atoms with Gasteiger partial charge < -0.3 is 10.5 Å². The molecule has 0 saturated carbocycles. The molecule has 9 heteroatoms. The molecule has 0 fully saturated rings. The molecule has 0 spiro atoms. The Hall–Kier alpha value is -4.61. The highest BCUT2D eigenvalue weighted by Crippen LogP contribution is 2.52. The monoisotopic (exact) mass is 582 g/mol. The molecule has 2 N–H and O–H groups in total. The number of para-hydroxylation sites is 3. The zero-order valence-corrected chi connectivity index (χ0v) is 24.7. The van der Waals surface area contributed by atoms with Crippen LogP contribution < -0.4 is 15.4 Å². The van der Waals surface area contributed by atoms with E-state index in [2.05, 4.69) is 6.07 Å². The molecule has 0 saturated heterocycles. The smallest absolute Gasteiger partial charge is 0.293 e. The summed E-state index contributed by atoms with van der Waals surface area (Å²) in [5.41, 5.74) is 11.1. The van der Waals surface area contributed by atoms with E-state index in [1.807, 2.05) is 52.0 Å². The van der Waals surface area contributed by atoms with Crippen LogP contribution in [0.1, 0.15) is 54.9 Å². The molecule has 1 heterocycles. The lowest BCUT2D eigenvalue weighted by Gasteiger charge is -2.43. The second-order valence-corrected chi connectivity index (χ2v) is 12.0. The van der Waals surface area contributed by atoms with Gasteiger partial charge in [-0.1, -0.05) is 61.8 Å². The first-order valence-corrected chi connectivity index (χ1v) is 14.0. The van der Waals surface area contributed by atoms with Crippen molar-refractivity contribution in [3.8, 4) is 11.8 Å². The number of nitro benzene ring substituents is 1. The lowest BCUT2D eigenvalue weighted by molar-refractivity contribution is -0.384. The Morgan fingerprint density at radius 3 is 2.50 bits per heavy atom. The van der Waals surface area contributed by atoms with Crippen molar-refractivity contribution < 1.29 is 14.5 Å². The van der Waals surface area contributed by atoms with Crippen molar-refractivity contribution in [2.45, 2.75) is 53.1 Å². The number of allylic oxidation sites excluding steroid dienone is 3. The number of hydrogen-bond acceptors (Lipinski definition) is 7. The van der Waals surface area contributed by atoms with Crippen LogP contribution in [0.3, 0.4) is 0 Å². The molecule has 0 radical (unpaired) electrons. The van der Waals surface area contributed by atoms with Crippen molar-refractivity contribution in [1.82, 2.24) is 0 Å². The molecule has 0 bridgehead atoms. The Bertz CT molecular complexity index is 1730. The predicted molar refractivity (Wildman–Crippen MR) is 162 cm³/mol. The fourth-order valence-corrected chi connectivity index (χ4v) is 6.19. The number of carbonyl (C=O) groups excluding carboxylic acids is 1. The molecular formula is C33H31ClN4O4. The van der Waals surface area contributed by atoms with E-state index in [1.165, 1.54) is 6.07 Å². The fraction of sp³-hybridized carbons (Fsp3) is 0.273. The van der Waals surface area contributed by atoms with Gasteiger partial charge >= 0.3 is 0 Å². The van der Waals surface area contributed by atoms with Gasteiger partial charge in [-0.05, 0) is 66.1 Å². The molecule has 3 aromatic rings. The molecule has 8 nitrogen and oxygen atoms in total. The number of anilines is 1. The summed E-state index contributed by atoms with van der Waals surface area (Å²) >= 11 is 6.30. The number of carbonyl (C=O) groups is 1. The SMILES string of the molecule is Cc1cc(C)c(C2C(C#N)=C(N)N(c3ccccc3[N+](=O)[O-])C3=C2C(=O)CC(C)(C)C3)cc1COc1ccccc1Cl. The Morgan fingerprint density at radius 2 is 1.81 bits per heavy atom. The van der Waals surface area contributed by atoms with Gasteiger partial charge in [0.05, 0.1) is 27.5 Å². The van der Waals surface area contributed by atoms with Crippen LogP contribution in [0.5, 0.6) is 5.75 Å². The van der Waals surface area contributed by atoms with Gasteiger partial charge in [0, 0.05) is 23.8 Å². The predicted octanol–water partition coefficient (Wildman–Crippen LogP) is 7.38. The van der Waals surface area contributed by atoms with E-state index >= 15 is 0 Å². The lowest BCUT2D eigenvalue weighted by Crippen LogP contribution is -2.42. The zero-order chi connectivity index (χ0) is 30.3. The van der Waals surface area contributed by atoms with E-state index in [9.17, 15) is 20.2 Å². The number of aryl methyl sites for hydroxylation is 2. The van der Waals surface area contributed by atoms with Crippen LogP contribution in [-0.2, 0) is 11.4 Å². The van der Waals surface area contributed by atoms with E-state index in [0.717, 1.165) is 22.3 Å². The average molecular weight is 583 g/mol. The summed E-state index contributed by atoms with van der Waals surface area (Å²) in [6, 6.07) is 19.7. The average Bonchev–Trinajstić information content (AvgIpc) is 2.92. The summed E-state index contributed by atoms with van der Waals surface area (Å²) in [6.07, 6.45) is 0.725. The highest BCUT2D eigenvalue weighted by molar-refractivity contribution is 6.32. The normalized spacial score (nSPS) is 18.0. The first-order chi connectivity index (χ1) is 19.9. The minimum Gasteiger partial charge on any atom is -0.487 e. The first-order valence-electron chi connectivity index (χ1n) is 13.6. The Balaban J connectivity index is 1.70. The van der Waals surface area contributed by atoms with Crippen LogP contribution in [0.15, 0.2) is 83.3 Å². The number of rotatable bonds is 6. The first kappa shape index (κ1) is 28.9. The Labute approximate surface area is 249 Å². The van der Waals surface area contributed by atoms with Gasteiger partial charge in [-0.2, -0.15) is 5.26 Å². The minimum absolute atomic E-state index is 0.0786. The maximum absolute atomic E-state index is 14.0. The molecule has 5 rings (SSSR count). The molecule has 1 atom stereocenters. The summed E-state index contributed by atoms with van der Waals surface area (Å²) in [7, 11) is 0. The highest BCUT2D eigenvalue weighted by Gasteiger charge is 2.46. The number of nitrogens with two attached hydrogens (primary N) is 1. The molecule has 214 valence electrons. The van der Waals surface area contributed by atoms with Crippen LogP contribution in [0.2, 0.25) is 5.02 Å². The number of benzene rings is 3. The van der Waals surface area contributed by atoms with Crippen molar-refractivity contribution in [2.75, 3.05) is 4.90 Å². The number of halogens is 1. The summed E-state index contributed by atoms with van der Waals surface area (Å²) < 4.78 is 6.04. The molecule has 2 aliphatic rings. The fourth-order valence-electron chi connectivity index (χ4n) is 6.00. The quantitative estimate of drug-likeness (QED) is 0.237. The third-order valence-corrected chi connectivity index (χ3v) is 8.27. The number of ketones is 1. The Morgan fingerprint density at radius 1 is 1.12 bits per heavy atom. The molecule has 0 amide bonds. The third-order valence-electron chi connectivity index (χ3n) is 7.96. The van der Waals surface area contributed by atoms with Gasteiger partial charge in [0.15, 0.2) is 5.78 Å². The van der Waals surface area contributed by atoms with E-state index < -0.39 is 16.3 Å². The van der Waals surface area contributed by atoms with E-state index in [4.69, 9.17) is 22.1 Å². The van der Waals surface area contributed by atoms with E-state index in [1.54, 1.807) is 35.2 Å². The van der Waals surface area contributed by atoms with Gasteiger partial charge in [0.1, 0.15) is 23.9 Å². The molecule has 1 unspecified atom stereocenters. The maximum atomic E-state index is 14.0. The third kappa shape index (κ3) is 5.12. The second kappa shape index (κ2) is 11.0. The summed E-state index contributed by atoms with van der Waals surface area (Å²) in [4.78, 5) is 27.1. The molecular weight excluding hydrogens is 552 g/mol. The number of Topliss-reactive ketones (excluding diaryl/α,β-unsaturated/α-hetero) is 1. The van der Waals surface area contributed by atoms with Gasteiger partial charge in [-0.3, -0.25) is 19.8 Å². The summed E-state index contributed by atoms with van der Waals surface area (Å²) in [5.74, 6) is -0.207. The number of ether oxygens (including phenoxy) is 1. The molecule has 42 heavy (non-hydrogen) atoms. The molecule has 1 aliphatic carbocycles. The standard InChI is InChI=1S/C33H31ClN4O4/c1-19-13-20(2)22(14-21(19)18-42-29-12-8-5-9-24(29)34)30-23(17-35)32(36)37(25-10-6-7-11-26(25)38(40)41)27-15-33(3,4)16-28(39)31(27)30/h5-14,30H,15-16,18,36H2,1-4H3. The van der Waals surface area contributed by atoms with Gasteiger partial charge in [0.2, 0.25) is 0 Å².